The molecule has 11 heteroatoms. The molecule has 1 aromatic heterocycles. The Kier molecular flexibility index (Phi) is 11.6. The van der Waals surface area contributed by atoms with E-state index in [-0.39, 0.29) is 24.5 Å². The zero-order valence-corrected chi connectivity index (χ0v) is 36.4. The van der Waals surface area contributed by atoms with Gasteiger partial charge in [0.2, 0.25) is 0 Å². The molecule has 1 atom stereocenters. The molecule has 11 nitrogen and oxygen atoms in total. The Labute approximate surface area is 373 Å². The average Bonchev–Trinajstić information content (AvgIpc) is 3.69. The Morgan fingerprint density at radius 1 is 0.719 bits per heavy atom. The standard InChI is InChI=1S/C53H51N5O6/c1-53(2,3)64-52(61)54-31-40-28-36-18-14-15-19-37(36)32-56(40)50(59)44-29-48(55-33-42(34-55)63-41-24-12-7-13-25-41)49(62-4)30-47(44)57-35-45(43-26-16-17-27-46(43)57)51(60)58(38-20-8-5-9-21-38)39-22-10-6-11-23-39/h5-27,29-30,35,40,42H,28,31-34H2,1-4H3,(H,54,61)/t40-/m0/s1. The maximum absolute atomic E-state index is 15.6. The number of carbonyl (C=O) groups is 3. The van der Waals surface area contributed by atoms with Gasteiger partial charge in [-0.1, -0.05) is 97.1 Å². The maximum atomic E-state index is 15.6. The molecule has 2 aliphatic rings. The van der Waals surface area contributed by atoms with Gasteiger partial charge in [-0.15, -0.1) is 0 Å². The molecule has 1 N–H and O–H groups in total. The molecule has 0 bridgehead atoms. The number of hydrogen-bond acceptors (Lipinski definition) is 7. The van der Waals surface area contributed by atoms with Gasteiger partial charge in [-0.2, -0.15) is 0 Å². The molecule has 0 spiro atoms. The van der Waals surface area contributed by atoms with Crippen molar-refractivity contribution in [3.63, 3.8) is 0 Å². The summed E-state index contributed by atoms with van der Waals surface area (Å²) in [5.41, 5.74) is 5.80. The number of hydrogen-bond donors (Lipinski definition) is 1. The minimum atomic E-state index is -0.686. The summed E-state index contributed by atoms with van der Waals surface area (Å²) in [5, 5.41) is 3.67. The van der Waals surface area contributed by atoms with Gasteiger partial charge in [0.05, 0.1) is 54.3 Å². The molecule has 0 saturated carbocycles. The number of para-hydroxylation sites is 4. The highest BCUT2D eigenvalue weighted by molar-refractivity contribution is 6.17. The van der Waals surface area contributed by atoms with Crippen LogP contribution in [0.15, 0.2) is 158 Å². The number of ether oxygens (including phenoxy) is 3. The third-order valence-corrected chi connectivity index (χ3v) is 11.7. The molecule has 7 aromatic rings. The van der Waals surface area contributed by atoms with Gasteiger partial charge in [-0.3, -0.25) is 14.5 Å². The monoisotopic (exact) mass is 853 g/mol. The van der Waals surface area contributed by atoms with E-state index in [0.29, 0.717) is 48.6 Å². The van der Waals surface area contributed by atoms with Crippen LogP contribution in [0.5, 0.6) is 11.5 Å². The van der Waals surface area contributed by atoms with Crippen LogP contribution in [-0.2, 0) is 17.7 Å². The van der Waals surface area contributed by atoms with E-state index in [2.05, 4.69) is 16.3 Å². The second-order valence-corrected chi connectivity index (χ2v) is 17.2. The first kappa shape index (κ1) is 41.8. The minimum Gasteiger partial charge on any atom is -0.495 e. The first-order valence-corrected chi connectivity index (χ1v) is 21.6. The largest absolute Gasteiger partial charge is 0.495 e. The number of amides is 3. The van der Waals surface area contributed by atoms with Crippen molar-refractivity contribution < 1.29 is 28.6 Å². The number of alkyl carbamates (subject to hydrolysis) is 1. The molecule has 0 aliphatic carbocycles. The van der Waals surface area contributed by atoms with E-state index in [0.717, 1.165) is 44.8 Å². The average molecular weight is 854 g/mol. The molecule has 64 heavy (non-hydrogen) atoms. The highest BCUT2D eigenvalue weighted by Crippen LogP contribution is 2.40. The van der Waals surface area contributed by atoms with Crippen molar-refractivity contribution in [2.75, 3.05) is 36.5 Å². The van der Waals surface area contributed by atoms with Gasteiger partial charge >= 0.3 is 6.09 Å². The van der Waals surface area contributed by atoms with Gasteiger partial charge in [0, 0.05) is 42.1 Å². The summed E-state index contributed by atoms with van der Waals surface area (Å²) in [6.07, 6.45) is 1.75. The van der Waals surface area contributed by atoms with E-state index in [1.807, 2.05) is 182 Å². The van der Waals surface area contributed by atoms with Crippen molar-refractivity contribution in [3.05, 3.63) is 180 Å². The Morgan fingerprint density at radius 3 is 1.98 bits per heavy atom. The lowest BCUT2D eigenvalue weighted by Crippen LogP contribution is -2.54. The summed E-state index contributed by atoms with van der Waals surface area (Å²) in [6, 6.07) is 48.2. The van der Waals surface area contributed by atoms with Crippen LogP contribution < -0.4 is 24.6 Å². The van der Waals surface area contributed by atoms with Gasteiger partial charge in [-0.25, -0.2) is 4.79 Å². The van der Waals surface area contributed by atoms with E-state index in [9.17, 15) is 4.79 Å². The fourth-order valence-corrected chi connectivity index (χ4v) is 8.62. The van der Waals surface area contributed by atoms with Gasteiger partial charge < -0.3 is 33.9 Å². The van der Waals surface area contributed by atoms with Crippen LogP contribution in [0.2, 0.25) is 0 Å². The summed E-state index contributed by atoms with van der Waals surface area (Å²) in [5.74, 6) is 0.903. The molecule has 1 fully saturated rings. The molecule has 324 valence electrons. The number of rotatable bonds is 11. The zero-order chi connectivity index (χ0) is 44.4. The molecular formula is C53H51N5O6. The number of anilines is 3. The van der Waals surface area contributed by atoms with Crippen LogP contribution in [0.3, 0.4) is 0 Å². The van der Waals surface area contributed by atoms with Crippen LogP contribution in [0.4, 0.5) is 21.9 Å². The van der Waals surface area contributed by atoms with Gasteiger partial charge in [0.15, 0.2) is 0 Å². The Bertz CT molecular complexity index is 2760. The molecule has 6 aromatic carbocycles. The van der Waals surface area contributed by atoms with E-state index >= 15 is 9.59 Å². The van der Waals surface area contributed by atoms with Crippen molar-refractivity contribution in [2.45, 2.75) is 51.5 Å². The van der Waals surface area contributed by atoms with Crippen LogP contribution in [0.25, 0.3) is 16.6 Å². The first-order chi connectivity index (χ1) is 31.0. The molecule has 0 unspecified atom stereocenters. The molecule has 1 saturated heterocycles. The predicted octanol–water partition coefficient (Wildman–Crippen LogP) is 9.98. The molecule has 9 rings (SSSR count). The van der Waals surface area contributed by atoms with E-state index in [4.69, 9.17) is 14.2 Å². The van der Waals surface area contributed by atoms with Crippen molar-refractivity contribution in [2.24, 2.45) is 0 Å². The normalized spacial score (nSPS) is 14.9. The number of carbonyl (C=O) groups excluding carboxylic acids is 3. The maximum Gasteiger partial charge on any atom is 0.407 e. The summed E-state index contributed by atoms with van der Waals surface area (Å²) in [4.78, 5) is 49.4. The summed E-state index contributed by atoms with van der Waals surface area (Å²) >= 11 is 0. The fourth-order valence-electron chi connectivity index (χ4n) is 8.62. The van der Waals surface area contributed by atoms with Gasteiger partial charge in [-0.05, 0) is 86.8 Å². The van der Waals surface area contributed by atoms with Crippen LogP contribution >= 0.6 is 0 Å². The van der Waals surface area contributed by atoms with Crippen molar-refractivity contribution in [1.82, 2.24) is 14.8 Å². The number of nitrogens with zero attached hydrogens (tertiary/aromatic N) is 4. The molecule has 3 heterocycles. The second kappa shape index (κ2) is 17.7. The summed E-state index contributed by atoms with van der Waals surface area (Å²) in [7, 11) is 1.63. The van der Waals surface area contributed by atoms with Gasteiger partial charge in [0.1, 0.15) is 23.2 Å². The smallest absolute Gasteiger partial charge is 0.407 e. The predicted molar refractivity (Wildman–Crippen MR) is 250 cm³/mol. The molecule has 2 aliphatic heterocycles. The number of nitrogens with one attached hydrogen (secondary N) is 1. The SMILES string of the molecule is COc1cc(-n2cc(C(=O)N(c3ccccc3)c3ccccc3)c3ccccc32)c(C(=O)N2Cc3ccccc3C[C@H]2CNC(=O)OC(C)(C)C)cc1N1CC(Oc2ccccc2)C1. The molecule has 0 radical (unpaired) electrons. The number of benzene rings is 6. The Hall–Kier alpha value is -7.53. The topological polar surface area (TPSA) is 106 Å². The molecule has 3 amide bonds. The minimum absolute atomic E-state index is 0.0630. The Balaban J connectivity index is 1.16. The van der Waals surface area contributed by atoms with Crippen LogP contribution in [0.1, 0.15) is 52.6 Å². The lowest BCUT2D eigenvalue weighted by molar-refractivity contribution is 0.0474. The van der Waals surface area contributed by atoms with Crippen molar-refractivity contribution in [3.8, 4) is 17.2 Å². The second-order valence-electron chi connectivity index (χ2n) is 17.2. The van der Waals surface area contributed by atoms with Gasteiger partial charge in [0.25, 0.3) is 11.8 Å². The van der Waals surface area contributed by atoms with E-state index < -0.39 is 17.7 Å². The highest BCUT2D eigenvalue weighted by Gasteiger charge is 2.36. The molecular weight excluding hydrogens is 803 g/mol. The summed E-state index contributed by atoms with van der Waals surface area (Å²) in [6.45, 7) is 7.13. The number of aromatic nitrogens is 1. The third-order valence-electron chi connectivity index (χ3n) is 11.7. The third kappa shape index (κ3) is 8.61. The van der Waals surface area contributed by atoms with E-state index in [1.165, 1.54) is 0 Å². The van der Waals surface area contributed by atoms with Crippen molar-refractivity contribution in [1.29, 1.82) is 0 Å². The lowest BCUT2D eigenvalue weighted by Gasteiger charge is -2.42. The summed E-state index contributed by atoms with van der Waals surface area (Å²) < 4.78 is 19.9. The van der Waals surface area contributed by atoms with Crippen molar-refractivity contribution >= 4 is 45.9 Å². The lowest BCUT2D eigenvalue weighted by atomic mass is 9.92. The van der Waals surface area contributed by atoms with E-state index in [1.54, 1.807) is 12.0 Å². The van der Waals surface area contributed by atoms with Crippen LogP contribution in [0, 0.1) is 0 Å². The first-order valence-electron chi connectivity index (χ1n) is 21.6. The number of fused-ring (bicyclic) bond motifs is 2. The number of methoxy groups -OCH3 is 1. The Morgan fingerprint density at radius 2 is 1.33 bits per heavy atom. The zero-order valence-electron chi connectivity index (χ0n) is 36.4. The fraction of sp³-hybridized carbons (Fsp3) is 0.226. The highest BCUT2D eigenvalue weighted by atomic mass is 16.6. The quantitative estimate of drug-likeness (QED) is 0.138. The van der Waals surface area contributed by atoms with Crippen LogP contribution in [-0.4, -0.2) is 71.9 Å².